The molecule has 1 rings (SSSR count). The molecule has 5 nitrogen and oxygen atoms in total. The van der Waals surface area contributed by atoms with E-state index in [1.54, 1.807) is 0 Å². The Balaban J connectivity index is 2.21. The summed E-state index contributed by atoms with van der Waals surface area (Å²) in [7, 11) is 0. The van der Waals surface area contributed by atoms with Gasteiger partial charge in [0.1, 0.15) is 6.10 Å². The summed E-state index contributed by atoms with van der Waals surface area (Å²) in [5.74, 6) is -0.0677. The smallest absolute Gasteiger partial charge is 0.249 e. The van der Waals surface area contributed by atoms with Gasteiger partial charge in [-0.1, -0.05) is 0 Å². The van der Waals surface area contributed by atoms with Crippen molar-refractivity contribution in [2.45, 2.75) is 39.1 Å². The Morgan fingerprint density at radius 1 is 1.44 bits per heavy atom. The first-order chi connectivity index (χ1) is 7.77. The lowest BCUT2D eigenvalue weighted by Crippen LogP contribution is -2.40. The lowest BCUT2D eigenvalue weighted by molar-refractivity contribution is -0.144. The van der Waals surface area contributed by atoms with Crippen molar-refractivity contribution in [1.29, 1.82) is 0 Å². The zero-order chi connectivity index (χ0) is 11.8. The maximum absolute atomic E-state index is 11.6. The number of carbonyl (C=O) groups is 1. The van der Waals surface area contributed by atoms with Crippen LogP contribution in [0, 0.1) is 0 Å². The van der Waals surface area contributed by atoms with E-state index in [9.17, 15) is 4.79 Å². The number of carbonyl (C=O) groups excluding carboxylic acids is 1. The summed E-state index contributed by atoms with van der Waals surface area (Å²) in [6.45, 7) is 5.99. The molecule has 1 amide bonds. The molecule has 1 saturated heterocycles. The molecule has 0 saturated carbocycles. The second-order valence-corrected chi connectivity index (χ2v) is 3.59. The summed E-state index contributed by atoms with van der Waals surface area (Å²) in [5, 5.41) is 2.78. The predicted octanol–water partition coefficient (Wildman–Crippen LogP) is 0.681. The van der Waals surface area contributed by atoms with Gasteiger partial charge >= 0.3 is 0 Å². The Bertz CT molecular complexity index is 198. The molecule has 1 fully saturated rings. The molecule has 0 aromatic heterocycles. The van der Waals surface area contributed by atoms with Crippen LogP contribution in [0.3, 0.4) is 0 Å². The van der Waals surface area contributed by atoms with Gasteiger partial charge in [0.25, 0.3) is 0 Å². The number of ether oxygens (including phenoxy) is 3. The molecule has 1 heterocycles. The Morgan fingerprint density at radius 3 is 2.62 bits per heavy atom. The van der Waals surface area contributed by atoms with Crippen LogP contribution in [0.15, 0.2) is 0 Å². The highest BCUT2D eigenvalue weighted by molar-refractivity contribution is 5.80. The largest absolute Gasteiger partial charge is 0.368 e. The van der Waals surface area contributed by atoms with Gasteiger partial charge in [-0.2, -0.15) is 0 Å². The van der Waals surface area contributed by atoms with E-state index < -0.39 is 0 Å². The monoisotopic (exact) mass is 231 g/mol. The first-order valence-corrected chi connectivity index (χ1v) is 5.90. The van der Waals surface area contributed by atoms with E-state index in [1.165, 1.54) is 0 Å². The molecular weight excluding hydrogens is 210 g/mol. The molecule has 0 bridgehead atoms. The molecule has 5 heteroatoms. The molecule has 1 atom stereocenters. The summed E-state index contributed by atoms with van der Waals surface area (Å²) in [6.07, 6.45) is 1.11. The van der Waals surface area contributed by atoms with Crippen molar-refractivity contribution < 1.29 is 19.0 Å². The normalized spacial score (nSPS) is 20.3. The third-order valence-corrected chi connectivity index (χ3v) is 2.37. The summed E-state index contributed by atoms with van der Waals surface area (Å²) >= 11 is 0. The van der Waals surface area contributed by atoms with E-state index in [0.29, 0.717) is 26.4 Å². The Labute approximate surface area is 96.4 Å². The fourth-order valence-corrected chi connectivity index (χ4v) is 1.62. The van der Waals surface area contributed by atoms with E-state index in [1.807, 2.05) is 13.8 Å². The topological polar surface area (TPSA) is 56.8 Å². The van der Waals surface area contributed by atoms with Crippen LogP contribution < -0.4 is 5.32 Å². The highest BCUT2D eigenvalue weighted by Crippen LogP contribution is 2.11. The summed E-state index contributed by atoms with van der Waals surface area (Å²) < 4.78 is 15.9. The van der Waals surface area contributed by atoms with Crippen molar-refractivity contribution in [2.75, 3.05) is 26.4 Å². The fraction of sp³-hybridized carbons (Fsp3) is 0.909. The highest BCUT2D eigenvalue weighted by Gasteiger charge is 2.23. The molecule has 94 valence electrons. The van der Waals surface area contributed by atoms with Crippen LogP contribution in [0.25, 0.3) is 0 Å². The minimum atomic E-state index is -0.361. The average molecular weight is 231 g/mol. The Hall–Kier alpha value is -0.650. The predicted molar refractivity (Wildman–Crippen MR) is 59.0 cm³/mol. The van der Waals surface area contributed by atoms with Gasteiger partial charge in [-0.25, -0.2) is 0 Å². The molecule has 1 aliphatic heterocycles. The highest BCUT2D eigenvalue weighted by atomic mass is 16.7. The molecule has 0 aromatic rings. The molecule has 1 unspecified atom stereocenters. The Morgan fingerprint density at radius 2 is 2.12 bits per heavy atom. The minimum absolute atomic E-state index is 0.0677. The van der Waals surface area contributed by atoms with Crippen molar-refractivity contribution in [3.05, 3.63) is 0 Å². The third-order valence-electron chi connectivity index (χ3n) is 2.37. The molecule has 1 N–H and O–H groups in total. The van der Waals surface area contributed by atoms with Crippen molar-refractivity contribution in [2.24, 2.45) is 0 Å². The molecule has 0 radical (unpaired) electrons. The quantitative estimate of drug-likeness (QED) is 0.655. The van der Waals surface area contributed by atoms with E-state index in [4.69, 9.17) is 14.2 Å². The third kappa shape index (κ3) is 4.47. The van der Waals surface area contributed by atoms with Crippen molar-refractivity contribution in [3.63, 3.8) is 0 Å². The first kappa shape index (κ1) is 13.4. The van der Waals surface area contributed by atoms with Crippen molar-refractivity contribution >= 4 is 5.91 Å². The molecule has 0 aromatic carbocycles. The zero-order valence-corrected chi connectivity index (χ0v) is 10.0. The van der Waals surface area contributed by atoms with Crippen LogP contribution in [0.2, 0.25) is 0 Å². The Kier molecular flexibility index (Phi) is 6.37. The summed E-state index contributed by atoms with van der Waals surface area (Å²) in [4.78, 5) is 11.6. The number of amides is 1. The van der Waals surface area contributed by atoms with E-state index in [0.717, 1.165) is 12.8 Å². The lowest BCUT2D eigenvalue weighted by atomic mass is 10.2. The number of nitrogens with one attached hydrogen (secondary N) is 1. The van der Waals surface area contributed by atoms with Gasteiger partial charge in [-0.15, -0.1) is 0 Å². The van der Waals surface area contributed by atoms with Gasteiger partial charge < -0.3 is 19.5 Å². The standard InChI is InChI=1S/C11H21NO4/c1-3-14-10(15-4-2)8-12-11(13)9-6-5-7-16-9/h9-10H,3-8H2,1-2H3,(H,12,13). The summed E-state index contributed by atoms with van der Waals surface area (Å²) in [6, 6.07) is 0. The van der Waals surface area contributed by atoms with Gasteiger partial charge in [0.05, 0.1) is 6.54 Å². The van der Waals surface area contributed by atoms with Gasteiger partial charge in [0.15, 0.2) is 6.29 Å². The number of rotatable bonds is 7. The second-order valence-electron chi connectivity index (χ2n) is 3.59. The molecule has 16 heavy (non-hydrogen) atoms. The van der Waals surface area contributed by atoms with Crippen LogP contribution in [0.5, 0.6) is 0 Å². The molecule has 1 aliphatic rings. The molecule has 0 aliphatic carbocycles. The zero-order valence-electron chi connectivity index (χ0n) is 10.0. The van der Waals surface area contributed by atoms with Gasteiger partial charge in [-0.05, 0) is 26.7 Å². The molecular formula is C11H21NO4. The van der Waals surface area contributed by atoms with E-state index >= 15 is 0 Å². The first-order valence-electron chi connectivity index (χ1n) is 5.90. The maximum Gasteiger partial charge on any atom is 0.249 e. The second kappa shape index (κ2) is 7.60. The van der Waals surface area contributed by atoms with Gasteiger partial charge in [0.2, 0.25) is 5.91 Å². The SMILES string of the molecule is CCOC(CNC(=O)C1CCCO1)OCC. The van der Waals surface area contributed by atoms with E-state index in [2.05, 4.69) is 5.32 Å². The van der Waals surface area contributed by atoms with Crippen LogP contribution in [-0.2, 0) is 19.0 Å². The lowest BCUT2D eigenvalue weighted by Gasteiger charge is -2.18. The summed E-state index contributed by atoms with van der Waals surface area (Å²) in [5.41, 5.74) is 0. The minimum Gasteiger partial charge on any atom is -0.368 e. The average Bonchev–Trinajstić information content (AvgIpc) is 2.79. The van der Waals surface area contributed by atoms with Crippen LogP contribution >= 0.6 is 0 Å². The number of hydrogen-bond donors (Lipinski definition) is 1. The van der Waals surface area contributed by atoms with Gasteiger partial charge in [0, 0.05) is 19.8 Å². The van der Waals surface area contributed by atoms with Crippen LogP contribution in [0.1, 0.15) is 26.7 Å². The van der Waals surface area contributed by atoms with Gasteiger partial charge in [-0.3, -0.25) is 4.79 Å². The van der Waals surface area contributed by atoms with Crippen molar-refractivity contribution in [3.8, 4) is 0 Å². The van der Waals surface area contributed by atoms with E-state index in [-0.39, 0.29) is 18.3 Å². The fourth-order valence-electron chi connectivity index (χ4n) is 1.62. The maximum atomic E-state index is 11.6. The van der Waals surface area contributed by atoms with Crippen molar-refractivity contribution in [1.82, 2.24) is 5.32 Å². The molecule has 0 spiro atoms. The van der Waals surface area contributed by atoms with Crippen LogP contribution in [-0.4, -0.2) is 44.7 Å². The van der Waals surface area contributed by atoms with Crippen LogP contribution in [0.4, 0.5) is 0 Å². The number of hydrogen-bond acceptors (Lipinski definition) is 4.